The van der Waals surface area contributed by atoms with Gasteiger partial charge in [-0.15, -0.1) is 35.6 Å². The number of carbonyl (C=O) groups excluding carboxylic acids is 5. The quantitative estimate of drug-likeness (QED) is 0.0301. The highest BCUT2D eigenvalue weighted by Gasteiger charge is 2.20. The lowest BCUT2D eigenvalue weighted by atomic mass is 10.1. The van der Waals surface area contributed by atoms with Crippen molar-refractivity contribution in [3.05, 3.63) is 102 Å². The van der Waals surface area contributed by atoms with Gasteiger partial charge in [0.15, 0.2) is 0 Å². The van der Waals surface area contributed by atoms with E-state index in [-0.39, 0.29) is 54.4 Å². The number of aryl methyl sites for hydroxylation is 5. The molecule has 0 saturated carbocycles. The number of rotatable bonds is 20. The fraction of sp³-hybridized carbons (Fsp3) is 0.317. The van der Waals surface area contributed by atoms with E-state index in [1.54, 1.807) is 77.3 Å². The highest BCUT2D eigenvalue weighted by atomic mass is 35.5. The number of aromatic nitrogens is 4. The van der Waals surface area contributed by atoms with Gasteiger partial charge in [-0.25, -0.2) is 0 Å². The molecule has 0 aliphatic carbocycles. The molecule has 0 atom stereocenters. The molecular formula is C41H51Cl3N12O5. The fourth-order valence-corrected chi connectivity index (χ4v) is 6.95. The van der Waals surface area contributed by atoms with E-state index < -0.39 is 17.7 Å². The first-order valence-corrected chi connectivity index (χ1v) is 20.2. The highest BCUT2D eigenvalue weighted by Crippen LogP contribution is 2.22. The van der Waals surface area contributed by atoms with Crippen molar-refractivity contribution in [3.63, 3.8) is 0 Å². The summed E-state index contributed by atoms with van der Waals surface area (Å²) >= 11 is 11.9. The molecule has 4 heterocycles. The van der Waals surface area contributed by atoms with Gasteiger partial charge in [-0.05, 0) is 54.8 Å². The van der Waals surface area contributed by atoms with Crippen LogP contribution in [0.2, 0.25) is 0 Å². The van der Waals surface area contributed by atoms with Crippen LogP contribution in [0.25, 0.3) is 0 Å². The molecule has 5 amide bonds. The Balaban J connectivity index is 0.00000819. The molecular weight excluding hydrogens is 847 g/mol. The van der Waals surface area contributed by atoms with Crippen LogP contribution in [-0.4, -0.2) is 85.0 Å². The molecule has 17 nitrogen and oxygen atoms in total. The Bertz CT molecular complexity index is 2360. The number of hydrogen-bond donors (Lipinski definition) is 7. The first kappa shape index (κ1) is 47.5. The standard InChI is InChI=1S/C41H50Cl2N12O5.ClH/c1-51-23-28(19-32(51)38(57)46-15-12-36(44)45)48-40(59)34-21-30(25-53(34)3)50-41(60)35-20-29(24-54(35)4)49-39(58)33-18-27(22-52(33)2)47-37(56)7-5-6-26-8-10-31(11-9-26)55(16-13-42)17-14-43;/h8-11,18-25H,5-7,12-17H2,1-4H3,(H3,44,45)(H,46,57)(H,47,56)(H,48,59)(H,49,58)(H,50,60);1H. The molecule has 0 radical (unpaired) electrons. The minimum absolute atomic E-state index is 0. The van der Waals surface area contributed by atoms with Gasteiger partial charge in [0.1, 0.15) is 22.8 Å². The molecule has 0 aliphatic rings. The third-order valence-electron chi connectivity index (χ3n) is 9.57. The van der Waals surface area contributed by atoms with Gasteiger partial charge in [0.2, 0.25) is 5.91 Å². The van der Waals surface area contributed by atoms with Gasteiger partial charge in [0, 0.05) is 103 Å². The first-order valence-electron chi connectivity index (χ1n) is 19.1. The molecule has 61 heavy (non-hydrogen) atoms. The Morgan fingerprint density at radius 1 is 0.623 bits per heavy atom. The molecule has 1 aromatic carbocycles. The monoisotopic (exact) mass is 896 g/mol. The van der Waals surface area contributed by atoms with Crippen molar-refractivity contribution in [2.75, 3.05) is 57.6 Å². The summed E-state index contributed by atoms with van der Waals surface area (Å²) in [6.45, 7) is 1.63. The predicted octanol–water partition coefficient (Wildman–Crippen LogP) is 5.52. The molecule has 4 aromatic heterocycles. The Hall–Kier alpha value is -6.17. The number of hydrogen-bond acceptors (Lipinski definition) is 7. The average molecular weight is 898 g/mol. The average Bonchev–Trinajstić information content (AvgIpc) is 3.96. The third kappa shape index (κ3) is 12.9. The van der Waals surface area contributed by atoms with E-state index in [2.05, 4.69) is 31.5 Å². The van der Waals surface area contributed by atoms with Crippen LogP contribution in [0.15, 0.2) is 73.3 Å². The molecule has 0 saturated heterocycles. The maximum absolute atomic E-state index is 13.3. The van der Waals surface area contributed by atoms with Gasteiger partial charge in [0.25, 0.3) is 23.6 Å². The smallest absolute Gasteiger partial charge is 0.272 e. The van der Waals surface area contributed by atoms with Crippen molar-refractivity contribution in [1.82, 2.24) is 23.6 Å². The number of amides is 5. The van der Waals surface area contributed by atoms with Crippen molar-refractivity contribution in [2.24, 2.45) is 33.9 Å². The van der Waals surface area contributed by atoms with Crippen molar-refractivity contribution in [2.45, 2.75) is 25.7 Å². The van der Waals surface area contributed by atoms with Crippen LogP contribution in [0.3, 0.4) is 0 Å². The lowest BCUT2D eigenvalue weighted by molar-refractivity contribution is -0.116. The Morgan fingerprint density at radius 2 is 1.02 bits per heavy atom. The van der Waals surface area contributed by atoms with E-state index in [1.165, 1.54) is 18.2 Å². The summed E-state index contributed by atoms with van der Waals surface area (Å²) < 4.78 is 6.29. The summed E-state index contributed by atoms with van der Waals surface area (Å²) in [6.07, 6.45) is 8.34. The summed E-state index contributed by atoms with van der Waals surface area (Å²) in [5.41, 5.74) is 10.2. The van der Waals surface area contributed by atoms with Crippen LogP contribution in [-0.2, 0) is 39.4 Å². The topological polar surface area (TPSA) is 218 Å². The molecule has 20 heteroatoms. The lowest BCUT2D eigenvalue weighted by Crippen LogP contribution is -2.28. The first-order chi connectivity index (χ1) is 28.6. The Morgan fingerprint density at radius 3 is 1.41 bits per heavy atom. The number of amidine groups is 1. The number of carbonyl (C=O) groups is 5. The van der Waals surface area contributed by atoms with Gasteiger partial charge in [-0.2, -0.15) is 0 Å². The molecule has 0 aliphatic heterocycles. The van der Waals surface area contributed by atoms with Crippen LogP contribution >= 0.6 is 35.6 Å². The summed E-state index contributed by atoms with van der Waals surface area (Å²) in [6, 6.07) is 14.3. The predicted molar refractivity (Wildman–Crippen MR) is 243 cm³/mol. The number of halogens is 3. The Labute approximate surface area is 369 Å². The number of benzene rings is 1. The molecule has 0 unspecified atom stereocenters. The molecule has 0 spiro atoms. The van der Waals surface area contributed by atoms with Gasteiger partial charge in [-0.1, -0.05) is 12.1 Å². The zero-order chi connectivity index (χ0) is 43.5. The van der Waals surface area contributed by atoms with E-state index in [1.807, 2.05) is 24.3 Å². The van der Waals surface area contributed by atoms with Gasteiger partial charge >= 0.3 is 0 Å². The highest BCUT2D eigenvalue weighted by molar-refractivity contribution is 6.18. The second kappa shape index (κ2) is 21.9. The maximum atomic E-state index is 13.3. The van der Waals surface area contributed by atoms with Crippen LogP contribution in [0.5, 0.6) is 0 Å². The number of nitrogens with zero attached hydrogens (tertiary/aromatic N) is 5. The number of anilines is 5. The van der Waals surface area contributed by atoms with Crippen molar-refractivity contribution in [1.29, 1.82) is 5.41 Å². The zero-order valence-electron chi connectivity index (χ0n) is 34.3. The van der Waals surface area contributed by atoms with Gasteiger partial charge in [-0.3, -0.25) is 29.4 Å². The van der Waals surface area contributed by atoms with Gasteiger partial charge in [0.05, 0.1) is 28.6 Å². The Kier molecular flexibility index (Phi) is 17.1. The van der Waals surface area contributed by atoms with E-state index >= 15 is 0 Å². The van der Waals surface area contributed by atoms with Crippen molar-refractivity contribution >= 4 is 99.4 Å². The van der Waals surface area contributed by atoms with E-state index in [0.717, 1.165) is 17.7 Å². The largest absolute Gasteiger partial charge is 0.388 e. The lowest BCUT2D eigenvalue weighted by Gasteiger charge is -2.23. The van der Waals surface area contributed by atoms with E-state index in [9.17, 15) is 24.0 Å². The molecule has 5 aromatic rings. The zero-order valence-corrected chi connectivity index (χ0v) is 36.6. The normalized spacial score (nSPS) is 10.7. The van der Waals surface area contributed by atoms with Gasteiger partial charge < -0.3 is 55.5 Å². The van der Waals surface area contributed by atoms with Crippen LogP contribution in [0.1, 0.15) is 66.8 Å². The van der Waals surface area contributed by atoms with Crippen molar-refractivity contribution < 1.29 is 24.0 Å². The number of nitrogens with two attached hydrogens (primary N) is 1. The van der Waals surface area contributed by atoms with Crippen molar-refractivity contribution in [3.8, 4) is 0 Å². The van der Waals surface area contributed by atoms with E-state index in [4.69, 9.17) is 34.3 Å². The van der Waals surface area contributed by atoms with Crippen LogP contribution in [0, 0.1) is 5.41 Å². The van der Waals surface area contributed by atoms with E-state index in [0.29, 0.717) is 71.8 Å². The summed E-state index contributed by atoms with van der Waals surface area (Å²) in [7, 11) is 6.69. The second-order valence-corrected chi connectivity index (χ2v) is 15.0. The molecule has 0 bridgehead atoms. The summed E-state index contributed by atoms with van der Waals surface area (Å²) in [4.78, 5) is 67.2. The summed E-state index contributed by atoms with van der Waals surface area (Å²) in [5.74, 6) is -0.941. The minimum Gasteiger partial charge on any atom is -0.388 e. The van der Waals surface area contributed by atoms with Crippen LogP contribution < -0.4 is 37.2 Å². The molecule has 0 fully saturated rings. The molecule has 8 N–H and O–H groups in total. The fourth-order valence-electron chi connectivity index (χ4n) is 6.55. The second-order valence-electron chi connectivity index (χ2n) is 14.2. The molecule has 5 rings (SSSR count). The third-order valence-corrected chi connectivity index (χ3v) is 9.91. The maximum Gasteiger partial charge on any atom is 0.272 e. The molecule has 326 valence electrons. The number of alkyl halides is 2. The van der Waals surface area contributed by atoms with Crippen LogP contribution in [0.4, 0.5) is 28.4 Å². The SMILES string of the molecule is Cl.Cn1cc(NC(=O)c2cc(NC(=O)c3cc(NC(=O)c4cc(NC(=O)CCCc5ccc(N(CCCl)CCCl)cc5)cn4C)cn3C)cn2C)cc1C(=O)NCCC(=N)N. The summed E-state index contributed by atoms with van der Waals surface area (Å²) in [5, 5.41) is 21.2. The minimum atomic E-state index is -0.476. The number of nitrogens with one attached hydrogen (secondary N) is 6.